The third-order valence-electron chi connectivity index (χ3n) is 2.83. The second-order valence-electron chi connectivity index (χ2n) is 4.88. The van der Waals surface area contributed by atoms with E-state index in [9.17, 15) is 22.8 Å². The predicted octanol–water partition coefficient (Wildman–Crippen LogP) is 3.19. The maximum Gasteiger partial charge on any atom is 0.416 e. The number of benzene rings is 1. The van der Waals surface area contributed by atoms with Crippen LogP contribution in [0, 0.1) is 6.92 Å². The van der Waals surface area contributed by atoms with Gasteiger partial charge < -0.3 is 4.74 Å². The van der Waals surface area contributed by atoms with Crippen molar-refractivity contribution in [1.82, 2.24) is 4.98 Å². The molecule has 1 aromatic carbocycles. The second kappa shape index (κ2) is 7.43. The van der Waals surface area contributed by atoms with Gasteiger partial charge in [0.1, 0.15) is 0 Å². The van der Waals surface area contributed by atoms with Gasteiger partial charge in [-0.3, -0.25) is 14.9 Å². The Morgan fingerprint density at radius 1 is 1.33 bits per heavy atom. The molecule has 24 heavy (non-hydrogen) atoms. The standard InChI is InChI=1S/C15H13F3N2O3S/c1-9-8-24-14(19-9)20-12(21)7-23-13(22)6-10-3-2-4-11(5-10)15(16,17)18/h2-5,8H,6-7H2,1H3,(H,19,20,21). The number of aryl methyl sites for hydroxylation is 1. The first kappa shape index (κ1) is 17.9. The largest absolute Gasteiger partial charge is 0.455 e. The number of anilines is 1. The Kier molecular flexibility index (Phi) is 5.55. The quantitative estimate of drug-likeness (QED) is 0.834. The lowest BCUT2D eigenvalue weighted by Crippen LogP contribution is -2.21. The van der Waals surface area contributed by atoms with Crippen LogP contribution in [0.15, 0.2) is 29.6 Å². The average Bonchev–Trinajstić information content (AvgIpc) is 2.90. The smallest absolute Gasteiger partial charge is 0.416 e. The number of carbonyl (C=O) groups is 2. The Morgan fingerprint density at radius 2 is 2.08 bits per heavy atom. The van der Waals surface area contributed by atoms with Crippen LogP contribution in [0.1, 0.15) is 16.8 Å². The molecule has 0 saturated carbocycles. The van der Waals surface area contributed by atoms with Crippen molar-refractivity contribution in [3.05, 3.63) is 46.5 Å². The van der Waals surface area contributed by atoms with Crippen molar-refractivity contribution in [2.24, 2.45) is 0 Å². The van der Waals surface area contributed by atoms with E-state index in [1.165, 1.54) is 23.5 Å². The van der Waals surface area contributed by atoms with Crippen LogP contribution in [-0.4, -0.2) is 23.5 Å². The van der Waals surface area contributed by atoms with Gasteiger partial charge >= 0.3 is 12.1 Å². The zero-order valence-corrected chi connectivity index (χ0v) is 13.3. The minimum atomic E-state index is -4.48. The summed E-state index contributed by atoms with van der Waals surface area (Å²) in [4.78, 5) is 27.2. The molecule has 128 valence electrons. The number of rotatable bonds is 5. The minimum Gasteiger partial charge on any atom is -0.455 e. The van der Waals surface area contributed by atoms with Crippen molar-refractivity contribution in [3.63, 3.8) is 0 Å². The highest BCUT2D eigenvalue weighted by molar-refractivity contribution is 7.13. The molecule has 0 fully saturated rings. The van der Waals surface area contributed by atoms with Crippen molar-refractivity contribution in [2.45, 2.75) is 19.5 Å². The fraction of sp³-hybridized carbons (Fsp3) is 0.267. The minimum absolute atomic E-state index is 0.158. The molecule has 1 aromatic heterocycles. The maximum atomic E-state index is 12.6. The summed E-state index contributed by atoms with van der Waals surface area (Å²) in [7, 11) is 0. The van der Waals surface area contributed by atoms with Crippen LogP contribution in [0.25, 0.3) is 0 Å². The van der Waals surface area contributed by atoms with Gasteiger partial charge in [-0.15, -0.1) is 11.3 Å². The summed E-state index contributed by atoms with van der Waals surface area (Å²) >= 11 is 1.23. The third kappa shape index (κ3) is 5.34. The summed E-state index contributed by atoms with van der Waals surface area (Å²) in [6.45, 7) is 1.23. The molecule has 5 nitrogen and oxygen atoms in total. The van der Waals surface area contributed by atoms with Crippen LogP contribution in [0.5, 0.6) is 0 Å². The molecule has 1 amide bonds. The monoisotopic (exact) mass is 358 g/mol. The molecule has 2 rings (SSSR count). The van der Waals surface area contributed by atoms with E-state index in [-0.39, 0.29) is 12.0 Å². The van der Waals surface area contributed by atoms with E-state index in [1.54, 1.807) is 12.3 Å². The number of aromatic nitrogens is 1. The fourth-order valence-electron chi connectivity index (χ4n) is 1.79. The molecule has 2 aromatic rings. The van der Waals surface area contributed by atoms with Crippen molar-refractivity contribution in [3.8, 4) is 0 Å². The number of esters is 1. The van der Waals surface area contributed by atoms with Gasteiger partial charge in [-0.1, -0.05) is 18.2 Å². The molecule has 0 bridgehead atoms. The van der Waals surface area contributed by atoms with Crippen molar-refractivity contribution < 1.29 is 27.5 Å². The molecule has 0 aliphatic rings. The van der Waals surface area contributed by atoms with Crippen LogP contribution < -0.4 is 5.32 Å². The first-order chi connectivity index (χ1) is 11.2. The number of alkyl halides is 3. The van der Waals surface area contributed by atoms with Gasteiger partial charge in [0.25, 0.3) is 5.91 Å². The Morgan fingerprint density at radius 3 is 2.71 bits per heavy atom. The molecule has 0 spiro atoms. The van der Waals surface area contributed by atoms with Gasteiger partial charge in [-0.2, -0.15) is 13.2 Å². The molecule has 1 N–H and O–H groups in total. The lowest BCUT2D eigenvalue weighted by atomic mass is 10.1. The Labute approximate surface area is 139 Å². The summed E-state index contributed by atoms with van der Waals surface area (Å²) in [6.07, 6.45) is -4.83. The molecule has 0 aliphatic heterocycles. The van der Waals surface area contributed by atoms with Crippen molar-refractivity contribution in [1.29, 1.82) is 0 Å². The number of hydrogen-bond acceptors (Lipinski definition) is 5. The lowest BCUT2D eigenvalue weighted by Gasteiger charge is -2.08. The first-order valence-corrected chi connectivity index (χ1v) is 7.66. The van der Waals surface area contributed by atoms with E-state index in [1.807, 2.05) is 0 Å². The fourth-order valence-corrected chi connectivity index (χ4v) is 2.49. The van der Waals surface area contributed by atoms with Gasteiger partial charge in [-0.05, 0) is 18.6 Å². The Balaban J connectivity index is 1.84. The zero-order valence-electron chi connectivity index (χ0n) is 12.5. The topological polar surface area (TPSA) is 68.3 Å². The predicted molar refractivity (Wildman–Crippen MR) is 81.6 cm³/mol. The molecular weight excluding hydrogens is 345 g/mol. The number of amides is 1. The van der Waals surface area contributed by atoms with Crippen LogP contribution in [0.2, 0.25) is 0 Å². The number of ether oxygens (including phenoxy) is 1. The van der Waals surface area contributed by atoms with Gasteiger partial charge in [0.05, 0.1) is 17.7 Å². The van der Waals surface area contributed by atoms with Crippen molar-refractivity contribution in [2.75, 3.05) is 11.9 Å². The van der Waals surface area contributed by atoms with Gasteiger partial charge in [0, 0.05) is 5.38 Å². The maximum absolute atomic E-state index is 12.6. The number of thiazole rings is 1. The normalized spacial score (nSPS) is 11.2. The van der Waals surface area contributed by atoms with E-state index >= 15 is 0 Å². The van der Waals surface area contributed by atoms with E-state index in [0.29, 0.717) is 5.13 Å². The highest BCUT2D eigenvalue weighted by Crippen LogP contribution is 2.29. The van der Waals surface area contributed by atoms with Gasteiger partial charge in [-0.25, -0.2) is 4.98 Å². The van der Waals surface area contributed by atoms with E-state index < -0.39 is 30.2 Å². The van der Waals surface area contributed by atoms with E-state index in [0.717, 1.165) is 17.8 Å². The average molecular weight is 358 g/mol. The summed E-state index contributed by atoms with van der Waals surface area (Å²) in [5.74, 6) is -1.36. The number of halogens is 3. The number of nitrogens with one attached hydrogen (secondary N) is 1. The molecular formula is C15H13F3N2O3S. The summed E-state index contributed by atoms with van der Waals surface area (Å²) in [6, 6.07) is 4.38. The Hall–Kier alpha value is -2.42. The number of nitrogens with zero attached hydrogens (tertiary/aromatic N) is 1. The lowest BCUT2D eigenvalue weighted by molar-refractivity contribution is -0.146. The zero-order chi connectivity index (χ0) is 17.7. The van der Waals surface area contributed by atoms with E-state index in [2.05, 4.69) is 10.3 Å². The Bertz CT molecular complexity index is 744. The van der Waals surface area contributed by atoms with Crippen LogP contribution in [0.3, 0.4) is 0 Å². The molecule has 0 radical (unpaired) electrons. The third-order valence-corrected chi connectivity index (χ3v) is 3.71. The van der Waals surface area contributed by atoms with E-state index in [4.69, 9.17) is 4.74 Å². The highest BCUT2D eigenvalue weighted by atomic mass is 32.1. The van der Waals surface area contributed by atoms with Crippen LogP contribution in [0.4, 0.5) is 18.3 Å². The van der Waals surface area contributed by atoms with Gasteiger partial charge in [0.15, 0.2) is 11.7 Å². The van der Waals surface area contributed by atoms with Crippen LogP contribution in [-0.2, 0) is 26.9 Å². The van der Waals surface area contributed by atoms with Crippen molar-refractivity contribution >= 4 is 28.3 Å². The summed E-state index contributed by atoms with van der Waals surface area (Å²) < 4.78 is 42.5. The number of carbonyl (C=O) groups excluding carboxylic acids is 2. The molecule has 0 aliphatic carbocycles. The first-order valence-electron chi connectivity index (χ1n) is 6.78. The molecule has 1 heterocycles. The number of hydrogen-bond donors (Lipinski definition) is 1. The van der Waals surface area contributed by atoms with Crippen LogP contribution >= 0.6 is 11.3 Å². The highest BCUT2D eigenvalue weighted by Gasteiger charge is 2.30. The molecule has 0 atom stereocenters. The SMILES string of the molecule is Cc1csc(NC(=O)COC(=O)Cc2cccc(C(F)(F)F)c2)n1. The second-order valence-corrected chi connectivity index (χ2v) is 5.74. The molecule has 0 unspecified atom stereocenters. The van der Waals surface area contributed by atoms with Gasteiger partial charge in [0.2, 0.25) is 0 Å². The summed E-state index contributed by atoms with van der Waals surface area (Å²) in [5, 5.41) is 4.58. The summed E-state index contributed by atoms with van der Waals surface area (Å²) in [5.41, 5.74) is 0.0623. The molecule has 0 saturated heterocycles. The molecule has 9 heteroatoms.